The summed E-state index contributed by atoms with van der Waals surface area (Å²) in [5.74, 6) is 0. The normalized spacial score (nSPS) is 11.8. The van der Waals surface area contributed by atoms with Gasteiger partial charge in [-0.25, -0.2) is 0 Å². The fourth-order valence-corrected chi connectivity index (χ4v) is 8.61. The Hall–Kier alpha value is -6.96. The molecular weight excluding hydrogens is 641 g/mol. The van der Waals surface area contributed by atoms with Crippen LogP contribution < -0.4 is 0 Å². The molecule has 0 fully saturated rings. The van der Waals surface area contributed by atoms with Crippen LogP contribution in [0.4, 0.5) is 0 Å². The molecule has 0 atom stereocenters. The second-order valence-electron chi connectivity index (χ2n) is 14.0. The van der Waals surface area contributed by atoms with Crippen LogP contribution in [0.15, 0.2) is 199 Å². The molecule has 0 amide bonds. The van der Waals surface area contributed by atoms with Gasteiger partial charge >= 0.3 is 0 Å². The Morgan fingerprint density at radius 3 is 1.43 bits per heavy atom. The molecule has 0 unspecified atom stereocenters. The first-order chi connectivity index (χ1) is 26.3. The molecule has 53 heavy (non-hydrogen) atoms. The van der Waals surface area contributed by atoms with Crippen molar-refractivity contribution in [3.63, 3.8) is 0 Å². The summed E-state index contributed by atoms with van der Waals surface area (Å²) < 4.78 is 6.52. The molecule has 0 radical (unpaired) electrons. The summed E-state index contributed by atoms with van der Waals surface area (Å²) in [6.45, 7) is 0. The van der Waals surface area contributed by atoms with Crippen LogP contribution >= 0.6 is 0 Å². The van der Waals surface area contributed by atoms with Crippen molar-refractivity contribution >= 4 is 65.0 Å². The summed E-state index contributed by atoms with van der Waals surface area (Å²) in [5.41, 5.74) is 11.4. The highest BCUT2D eigenvalue weighted by Gasteiger charge is 2.19. The molecule has 11 rings (SSSR count). The Labute approximate surface area is 307 Å². The van der Waals surface area contributed by atoms with Crippen LogP contribution in [0.25, 0.3) is 110 Å². The van der Waals surface area contributed by atoms with Crippen LogP contribution in [0.5, 0.6) is 0 Å². The van der Waals surface area contributed by atoms with Crippen LogP contribution in [0, 0.1) is 0 Å². The summed E-state index contributed by atoms with van der Waals surface area (Å²) >= 11 is 0. The van der Waals surface area contributed by atoms with E-state index in [9.17, 15) is 0 Å². The molecule has 10 aromatic carbocycles. The van der Waals surface area contributed by atoms with Gasteiger partial charge in [0.15, 0.2) is 0 Å². The number of hydrogen-bond donors (Lipinski definition) is 0. The second-order valence-corrected chi connectivity index (χ2v) is 14.0. The second kappa shape index (κ2) is 11.8. The zero-order valence-electron chi connectivity index (χ0n) is 28.9. The molecule has 246 valence electrons. The average molecular weight is 673 g/mol. The molecular formula is C52H32O. The van der Waals surface area contributed by atoms with Crippen molar-refractivity contribution < 1.29 is 4.42 Å². The lowest BCUT2D eigenvalue weighted by atomic mass is 9.84. The molecule has 0 aliphatic carbocycles. The fourth-order valence-electron chi connectivity index (χ4n) is 8.61. The Bertz CT molecular complexity index is 3160. The monoisotopic (exact) mass is 672 g/mol. The molecule has 0 saturated carbocycles. The van der Waals surface area contributed by atoms with E-state index < -0.39 is 0 Å². The van der Waals surface area contributed by atoms with Crippen molar-refractivity contribution in [2.75, 3.05) is 0 Å². The number of rotatable bonds is 4. The molecule has 11 aromatic rings. The summed E-state index contributed by atoms with van der Waals surface area (Å²) in [6.07, 6.45) is 0. The van der Waals surface area contributed by atoms with Gasteiger partial charge < -0.3 is 4.42 Å². The fraction of sp³-hybridized carbons (Fsp3) is 0. The highest BCUT2D eigenvalue weighted by Crippen LogP contribution is 2.46. The van der Waals surface area contributed by atoms with Crippen LogP contribution in [0.3, 0.4) is 0 Å². The maximum Gasteiger partial charge on any atom is 0.136 e. The lowest BCUT2D eigenvalue weighted by molar-refractivity contribution is 0.669. The van der Waals surface area contributed by atoms with Gasteiger partial charge in [0.2, 0.25) is 0 Å². The van der Waals surface area contributed by atoms with Gasteiger partial charge in [0, 0.05) is 10.8 Å². The van der Waals surface area contributed by atoms with E-state index in [-0.39, 0.29) is 0 Å². The van der Waals surface area contributed by atoms with Crippen molar-refractivity contribution in [1.29, 1.82) is 0 Å². The van der Waals surface area contributed by atoms with Crippen LogP contribution in [-0.4, -0.2) is 0 Å². The van der Waals surface area contributed by atoms with Crippen LogP contribution in [0.1, 0.15) is 0 Å². The number of furan rings is 1. The highest BCUT2D eigenvalue weighted by atomic mass is 16.3. The van der Waals surface area contributed by atoms with E-state index in [4.69, 9.17) is 4.42 Å². The van der Waals surface area contributed by atoms with E-state index in [2.05, 4.69) is 188 Å². The first-order valence-electron chi connectivity index (χ1n) is 18.3. The number of fused-ring (bicyclic) bond motifs is 8. The Kier molecular flexibility index (Phi) is 6.62. The zero-order valence-corrected chi connectivity index (χ0v) is 28.9. The van der Waals surface area contributed by atoms with Crippen molar-refractivity contribution in [2.45, 2.75) is 0 Å². The molecule has 0 aliphatic heterocycles. The molecule has 1 nitrogen and oxygen atoms in total. The van der Waals surface area contributed by atoms with Crippen molar-refractivity contribution in [1.82, 2.24) is 0 Å². The van der Waals surface area contributed by atoms with Gasteiger partial charge in [-0.2, -0.15) is 0 Å². The maximum atomic E-state index is 6.52. The number of hydrogen-bond acceptors (Lipinski definition) is 1. The van der Waals surface area contributed by atoms with Crippen LogP contribution in [-0.2, 0) is 0 Å². The third-order valence-corrected chi connectivity index (χ3v) is 11.1. The van der Waals surface area contributed by atoms with Gasteiger partial charge in [-0.05, 0) is 118 Å². The molecule has 0 saturated heterocycles. The largest absolute Gasteiger partial charge is 0.456 e. The first kappa shape index (κ1) is 29.7. The van der Waals surface area contributed by atoms with Gasteiger partial charge in [-0.3, -0.25) is 0 Å². The Morgan fingerprint density at radius 2 is 0.736 bits per heavy atom. The van der Waals surface area contributed by atoms with Crippen LogP contribution in [0.2, 0.25) is 0 Å². The molecule has 1 heterocycles. The molecule has 0 spiro atoms. The van der Waals surface area contributed by atoms with Crippen molar-refractivity contribution in [3.8, 4) is 44.5 Å². The standard InChI is InChI=1S/C52H32O/c1-2-12-33(13-3-1)36-25-28-42-43-29-26-37(32-50(43)53-49(42)31-36)35-15-10-16-38(30-35)51-45-18-6-8-20-47(45)52(48-21-9-7-19-46(48)51)44-23-11-22-40-39-17-5-4-14-34(39)24-27-41(40)44/h1-32H. The maximum absolute atomic E-state index is 6.52. The van der Waals surface area contributed by atoms with Gasteiger partial charge in [0.05, 0.1) is 0 Å². The molecule has 0 bridgehead atoms. The van der Waals surface area contributed by atoms with Gasteiger partial charge in [-0.1, -0.05) is 164 Å². The topological polar surface area (TPSA) is 13.1 Å². The van der Waals surface area contributed by atoms with Gasteiger partial charge in [0.25, 0.3) is 0 Å². The first-order valence-corrected chi connectivity index (χ1v) is 18.3. The molecule has 1 aromatic heterocycles. The minimum absolute atomic E-state index is 0.899. The summed E-state index contributed by atoms with van der Waals surface area (Å²) in [5, 5.41) is 12.4. The Balaban J connectivity index is 1.08. The van der Waals surface area contributed by atoms with Gasteiger partial charge in [0.1, 0.15) is 11.2 Å². The quantitative estimate of drug-likeness (QED) is 0.134. The third-order valence-electron chi connectivity index (χ3n) is 11.1. The molecule has 0 aliphatic rings. The third kappa shape index (κ3) is 4.71. The van der Waals surface area contributed by atoms with Gasteiger partial charge in [-0.15, -0.1) is 0 Å². The predicted molar refractivity (Wildman–Crippen MR) is 225 cm³/mol. The van der Waals surface area contributed by atoms with E-state index in [0.29, 0.717) is 0 Å². The smallest absolute Gasteiger partial charge is 0.136 e. The minimum atomic E-state index is 0.899. The number of benzene rings is 10. The zero-order chi connectivity index (χ0) is 34.9. The summed E-state index contributed by atoms with van der Waals surface area (Å²) in [4.78, 5) is 0. The Morgan fingerprint density at radius 1 is 0.245 bits per heavy atom. The highest BCUT2D eigenvalue weighted by molar-refractivity contribution is 6.25. The average Bonchev–Trinajstić information content (AvgIpc) is 3.60. The lowest BCUT2D eigenvalue weighted by Crippen LogP contribution is -1.92. The van der Waals surface area contributed by atoms with E-state index in [0.717, 1.165) is 38.6 Å². The van der Waals surface area contributed by atoms with E-state index in [1.165, 1.54) is 70.9 Å². The molecule has 1 heteroatoms. The SMILES string of the molecule is c1ccc(-c2ccc3c(c2)oc2cc(-c4cccc(-c5c6ccccc6c(-c6cccc7c6ccc6ccccc67)c6ccccc56)c4)ccc23)cc1. The van der Waals surface area contributed by atoms with Crippen molar-refractivity contribution in [2.24, 2.45) is 0 Å². The van der Waals surface area contributed by atoms with E-state index >= 15 is 0 Å². The van der Waals surface area contributed by atoms with Crippen molar-refractivity contribution in [3.05, 3.63) is 194 Å². The molecule has 0 N–H and O–H groups in total. The van der Waals surface area contributed by atoms with E-state index in [1.807, 2.05) is 6.07 Å². The van der Waals surface area contributed by atoms with E-state index in [1.54, 1.807) is 0 Å². The lowest BCUT2D eigenvalue weighted by Gasteiger charge is -2.19. The predicted octanol–water partition coefficient (Wildman–Crippen LogP) is 14.9. The summed E-state index contributed by atoms with van der Waals surface area (Å²) in [6, 6.07) is 70.5. The summed E-state index contributed by atoms with van der Waals surface area (Å²) in [7, 11) is 0. The minimum Gasteiger partial charge on any atom is -0.456 e.